The zero-order valence-electron chi connectivity index (χ0n) is 20.3. The molecule has 7 nitrogen and oxygen atoms in total. The Labute approximate surface area is 204 Å². The first-order chi connectivity index (χ1) is 17.0. The van der Waals surface area contributed by atoms with Gasteiger partial charge in [0.25, 0.3) is 0 Å². The molecule has 1 aliphatic carbocycles. The first-order valence-electron chi connectivity index (χ1n) is 12.5. The Morgan fingerprint density at radius 1 is 1.09 bits per heavy atom. The van der Waals surface area contributed by atoms with Gasteiger partial charge in [0, 0.05) is 12.6 Å². The Hall–Kier alpha value is -3.32. The van der Waals surface area contributed by atoms with Crippen molar-refractivity contribution in [3.8, 4) is 17.2 Å². The Balaban J connectivity index is 1.41. The lowest BCUT2D eigenvalue weighted by Gasteiger charge is -2.37. The minimum Gasteiger partial charge on any atom is -0.478 e. The third kappa shape index (κ3) is 4.78. The highest BCUT2D eigenvalue weighted by molar-refractivity contribution is 5.89. The predicted molar refractivity (Wildman–Crippen MR) is 132 cm³/mol. The number of hydrogen-bond donors (Lipinski definition) is 0. The van der Waals surface area contributed by atoms with Gasteiger partial charge in [0.1, 0.15) is 29.6 Å². The van der Waals surface area contributed by atoms with Gasteiger partial charge in [-0.25, -0.2) is 4.79 Å². The van der Waals surface area contributed by atoms with Crippen molar-refractivity contribution in [2.45, 2.75) is 65.0 Å². The van der Waals surface area contributed by atoms with Crippen LogP contribution >= 0.6 is 0 Å². The van der Waals surface area contributed by atoms with E-state index >= 15 is 0 Å². The minimum absolute atomic E-state index is 0.139. The highest BCUT2D eigenvalue weighted by Gasteiger charge is 2.29. The van der Waals surface area contributed by atoms with Crippen LogP contribution in [0.5, 0.6) is 17.2 Å². The molecule has 2 aliphatic rings. The number of nitrogens with zero attached hydrogens (tertiary/aromatic N) is 1. The molecule has 3 aromatic rings. The first kappa shape index (κ1) is 23.4. The average Bonchev–Trinajstić information content (AvgIpc) is 2.90. The molecule has 2 heterocycles. The molecule has 7 heteroatoms. The van der Waals surface area contributed by atoms with E-state index in [1.165, 1.54) is 32.1 Å². The van der Waals surface area contributed by atoms with Crippen LogP contribution in [0.4, 0.5) is 0 Å². The van der Waals surface area contributed by atoms with Crippen LogP contribution in [0.15, 0.2) is 45.6 Å². The highest BCUT2D eigenvalue weighted by atomic mass is 16.5. The molecule has 0 unspecified atom stereocenters. The second-order valence-electron chi connectivity index (χ2n) is 9.31. The summed E-state index contributed by atoms with van der Waals surface area (Å²) in [6, 6.07) is 10.6. The second-order valence-corrected chi connectivity index (χ2v) is 9.31. The maximum absolute atomic E-state index is 13.4. The second kappa shape index (κ2) is 10.1. The summed E-state index contributed by atoms with van der Waals surface area (Å²) in [5, 5.41) is 0.471. The van der Waals surface area contributed by atoms with E-state index in [4.69, 9.17) is 18.6 Å². The van der Waals surface area contributed by atoms with E-state index < -0.39 is 0 Å². The molecule has 1 aromatic heterocycles. The van der Waals surface area contributed by atoms with Crippen LogP contribution < -0.4 is 14.9 Å². The van der Waals surface area contributed by atoms with E-state index in [0.29, 0.717) is 54.0 Å². The van der Waals surface area contributed by atoms with Gasteiger partial charge in [0.2, 0.25) is 11.2 Å². The van der Waals surface area contributed by atoms with E-state index in [2.05, 4.69) is 4.90 Å². The van der Waals surface area contributed by atoms with Gasteiger partial charge >= 0.3 is 5.97 Å². The van der Waals surface area contributed by atoms with Gasteiger partial charge in [-0.15, -0.1) is 0 Å². The number of esters is 1. The summed E-state index contributed by atoms with van der Waals surface area (Å²) in [6.07, 6.45) is 6.92. The van der Waals surface area contributed by atoms with Crippen molar-refractivity contribution in [3.05, 3.63) is 63.5 Å². The van der Waals surface area contributed by atoms with E-state index in [9.17, 15) is 9.59 Å². The zero-order chi connectivity index (χ0) is 24.4. The predicted octanol–water partition coefficient (Wildman–Crippen LogP) is 5.95. The molecule has 1 fully saturated rings. The lowest BCUT2D eigenvalue weighted by Crippen LogP contribution is -2.41. The highest BCUT2D eigenvalue weighted by Crippen LogP contribution is 2.36. The summed E-state index contributed by atoms with van der Waals surface area (Å²) in [4.78, 5) is 27.8. The SMILES string of the molecule is CCCOC(=O)c1ccc(Oc2c(C)oc3c4c(ccc3c2=O)OCN(C2CCCCC2)C4)cc1. The minimum atomic E-state index is -0.380. The molecule has 0 amide bonds. The number of fused-ring (bicyclic) bond motifs is 3. The van der Waals surface area contributed by atoms with E-state index in [0.717, 1.165) is 17.7 Å². The molecule has 0 N–H and O–H groups in total. The van der Waals surface area contributed by atoms with Crippen LogP contribution in [0.2, 0.25) is 0 Å². The molecule has 1 aliphatic heterocycles. The lowest BCUT2D eigenvalue weighted by atomic mass is 9.93. The monoisotopic (exact) mass is 477 g/mol. The van der Waals surface area contributed by atoms with Crippen LogP contribution in [0.1, 0.15) is 67.1 Å². The Kier molecular flexibility index (Phi) is 6.77. The summed E-state index contributed by atoms with van der Waals surface area (Å²) in [5.74, 6) is 1.37. The molecule has 35 heavy (non-hydrogen) atoms. The number of carbonyl (C=O) groups excluding carboxylic acids is 1. The van der Waals surface area contributed by atoms with E-state index in [-0.39, 0.29) is 17.1 Å². The van der Waals surface area contributed by atoms with Crippen molar-refractivity contribution in [2.24, 2.45) is 0 Å². The standard InChI is InChI=1S/C28H31NO6/c1-3-15-32-28(31)19-9-11-21(12-10-19)35-26-18(2)34-27-22(25(26)30)13-14-24-23(27)16-29(17-33-24)20-7-5-4-6-8-20/h9-14,20H,3-8,15-17H2,1-2H3. The quantitative estimate of drug-likeness (QED) is 0.406. The number of aryl methyl sites for hydroxylation is 1. The third-order valence-corrected chi connectivity index (χ3v) is 6.83. The number of carbonyl (C=O) groups is 1. The molecule has 0 spiro atoms. The van der Waals surface area contributed by atoms with Crippen molar-refractivity contribution < 1.29 is 23.4 Å². The molecule has 0 saturated heterocycles. The van der Waals surface area contributed by atoms with Crippen molar-refractivity contribution in [3.63, 3.8) is 0 Å². The maximum Gasteiger partial charge on any atom is 0.338 e. The number of ether oxygens (including phenoxy) is 3. The summed E-state index contributed by atoms with van der Waals surface area (Å²) in [5.41, 5.74) is 1.68. The zero-order valence-corrected chi connectivity index (χ0v) is 20.3. The Morgan fingerprint density at radius 2 is 1.86 bits per heavy atom. The normalized spacial score (nSPS) is 16.5. The molecule has 184 valence electrons. The van der Waals surface area contributed by atoms with Gasteiger partial charge < -0.3 is 18.6 Å². The molecule has 5 rings (SSSR count). The van der Waals surface area contributed by atoms with Gasteiger partial charge in [-0.3, -0.25) is 9.69 Å². The Bertz CT molecular complexity index is 1270. The Morgan fingerprint density at radius 3 is 2.60 bits per heavy atom. The lowest BCUT2D eigenvalue weighted by molar-refractivity contribution is 0.0406. The van der Waals surface area contributed by atoms with Gasteiger partial charge in [0.15, 0.2) is 0 Å². The van der Waals surface area contributed by atoms with Crippen LogP contribution in [0.3, 0.4) is 0 Å². The fraction of sp³-hybridized carbons (Fsp3) is 0.429. The van der Waals surface area contributed by atoms with Crippen molar-refractivity contribution in [1.29, 1.82) is 0 Å². The molecular weight excluding hydrogens is 446 g/mol. The molecule has 1 saturated carbocycles. The summed E-state index contributed by atoms with van der Waals surface area (Å²) in [6.45, 7) is 5.32. The first-order valence-corrected chi connectivity index (χ1v) is 12.5. The summed E-state index contributed by atoms with van der Waals surface area (Å²) < 4.78 is 23.3. The maximum atomic E-state index is 13.4. The molecular formula is C28H31NO6. The van der Waals surface area contributed by atoms with Crippen LogP contribution in [-0.2, 0) is 11.3 Å². The number of rotatable bonds is 6. The van der Waals surface area contributed by atoms with Gasteiger partial charge in [0.05, 0.1) is 23.1 Å². The third-order valence-electron chi connectivity index (χ3n) is 6.83. The van der Waals surface area contributed by atoms with Gasteiger partial charge in [-0.1, -0.05) is 26.2 Å². The molecule has 2 aromatic carbocycles. The van der Waals surface area contributed by atoms with Crippen LogP contribution in [0, 0.1) is 6.92 Å². The summed E-state index contributed by atoms with van der Waals surface area (Å²) in [7, 11) is 0. The smallest absolute Gasteiger partial charge is 0.338 e. The summed E-state index contributed by atoms with van der Waals surface area (Å²) >= 11 is 0. The van der Waals surface area contributed by atoms with Gasteiger partial charge in [-0.2, -0.15) is 0 Å². The van der Waals surface area contributed by atoms with Crippen molar-refractivity contribution in [1.82, 2.24) is 4.90 Å². The molecule has 0 atom stereocenters. The largest absolute Gasteiger partial charge is 0.478 e. The van der Waals surface area contributed by atoms with Crippen molar-refractivity contribution in [2.75, 3.05) is 13.3 Å². The molecule has 0 bridgehead atoms. The van der Waals surface area contributed by atoms with E-state index in [1.54, 1.807) is 37.3 Å². The number of hydrogen-bond acceptors (Lipinski definition) is 7. The number of benzene rings is 2. The fourth-order valence-electron chi connectivity index (χ4n) is 4.93. The average molecular weight is 478 g/mol. The van der Waals surface area contributed by atoms with Gasteiger partial charge in [-0.05, 0) is 62.6 Å². The topological polar surface area (TPSA) is 78.2 Å². The van der Waals surface area contributed by atoms with Crippen LogP contribution in [-0.4, -0.2) is 30.2 Å². The van der Waals surface area contributed by atoms with Crippen molar-refractivity contribution >= 4 is 16.9 Å². The van der Waals surface area contributed by atoms with Crippen LogP contribution in [0.25, 0.3) is 11.0 Å². The molecule has 0 radical (unpaired) electrons. The fourth-order valence-corrected chi connectivity index (χ4v) is 4.93. The van der Waals surface area contributed by atoms with E-state index in [1.807, 2.05) is 13.0 Å².